The van der Waals surface area contributed by atoms with E-state index in [1.54, 1.807) is 13.0 Å². The zero-order valence-electron chi connectivity index (χ0n) is 5.97. The molecule has 58 valence electrons. The molecule has 1 amide bonds. The quantitative estimate of drug-likeness (QED) is 0.687. The number of aryl methyl sites for hydroxylation is 1. The van der Waals surface area contributed by atoms with E-state index in [1.807, 2.05) is 0 Å². The molecule has 0 fully saturated rings. The van der Waals surface area contributed by atoms with Gasteiger partial charge in [-0.2, -0.15) is 0 Å². The van der Waals surface area contributed by atoms with Crippen molar-refractivity contribution >= 4 is 17.5 Å². The van der Waals surface area contributed by atoms with Crippen LogP contribution in [-0.2, 0) is 0 Å². The Balaban J connectivity index is 3.15. The summed E-state index contributed by atoms with van der Waals surface area (Å²) >= 11 is 5.67. The third kappa shape index (κ3) is 1.68. The van der Waals surface area contributed by atoms with E-state index in [-0.39, 0.29) is 5.69 Å². The number of hydrogen-bond acceptors (Lipinski definition) is 2. The van der Waals surface area contributed by atoms with Gasteiger partial charge >= 0.3 is 0 Å². The van der Waals surface area contributed by atoms with Crippen LogP contribution in [0.5, 0.6) is 0 Å². The number of nitrogens with two attached hydrogens (primary N) is 1. The first-order valence-corrected chi connectivity index (χ1v) is 3.42. The van der Waals surface area contributed by atoms with Gasteiger partial charge in [0.1, 0.15) is 5.69 Å². The number of aromatic nitrogens is 1. The van der Waals surface area contributed by atoms with Crippen LogP contribution in [0.15, 0.2) is 12.1 Å². The molecule has 0 unspecified atom stereocenters. The first-order valence-electron chi connectivity index (χ1n) is 3.04. The topological polar surface area (TPSA) is 56.0 Å². The van der Waals surface area contributed by atoms with Crippen molar-refractivity contribution in [2.45, 2.75) is 6.92 Å². The Morgan fingerprint density at radius 1 is 1.64 bits per heavy atom. The molecule has 3 nitrogen and oxygen atoms in total. The molecule has 0 aliphatic heterocycles. The van der Waals surface area contributed by atoms with Gasteiger partial charge in [-0.1, -0.05) is 11.6 Å². The van der Waals surface area contributed by atoms with Gasteiger partial charge < -0.3 is 5.73 Å². The minimum Gasteiger partial charge on any atom is -0.364 e. The average Bonchev–Trinajstić information content (AvgIpc) is 1.94. The van der Waals surface area contributed by atoms with Crippen molar-refractivity contribution in [3.8, 4) is 0 Å². The van der Waals surface area contributed by atoms with Gasteiger partial charge in [0.15, 0.2) is 0 Å². The van der Waals surface area contributed by atoms with E-state index in [1.165, 1.54) is 6.07 Å². The highest BCUT2D eigenvalue weighted by molar-refractivity contribution is 6.31. The number of carbonyl (C=O) groups is 1. The number of halogens is 1. The molecular formula is C7H7ClN2O. The second-order valence-electron chi connectivity index (χ2n) is 2.13. The van der Waals surface area contributed by atoms with Crippen molar-refractivity contribution in [2.75, 3.05) is 0 Å². The van der Waals surface area contributed by atoms with E-state index < -0.39 is 5.91 Å². The molecule has 0 spiro atoms. The predicted molar refractivity (Wildman–Crippen MR) is 42.5 cm³/mol. The van der Waals surface area contributed by atoms with E-state index in [0.717, 1.165) is 0 Å². The second kappa shape index (κ2) is 2.88. The van der Waals surface area contributed by atoms with E-state index in [2.05, 4.69) is 4.98 Å². The fourth-order valence-corrected chi connectivity index (χ4v) is 0.787. The average molecular weight is 171 g/mol. The van der Waals surface area contributed by atoms with E-state index >= 15 is 0 Å². The maximum absolute atomic E-state index is 10.6. The smallest absolute Gasteiger partial charge is 0.267 e. The molecule has 0 radical (unpaired) electrons. The summed E-state index contributed by atoms with van der Waals surface area (Å²) in [4.78, 5) is 14.4. The van der Waals surface area contributed by atoms with Gasteiger partial charge in [-0.25, -0.2) is 4.98 Å². The van der Waals surface area contributed by atoms with Crippen molar-refractivity contribution in [1.82, 2.24) is 4.98 Å². The first-order chi connectivity index (χ1) is 5.11. The summed E-state index contributed by atoms with van der Waals surface area (Å²) < 4.78 is 0. The largest absolute Gasteiger partial charge is 0.364 e. The van der Waals surface area contributed by atoms with E-state index in [0.29, 0.717) is 10.7 Å². The summed E-state index contributed by atoms with van der Waals surface area (Å²) in [6, 6.07) is 3.10. The lowest BCUT2D eigenvalue weighted by atomic mass is 10.3. The Morgan fingerprint density at radius 3 is 2.73 bits per heavy atom. The van der Waals surface area contributed by atoms with Gasteiger partial charge in [-0.15, -0.1) is 0 Å². The molecule has 2 N–H and O–H groups in total. The van der Waals surface area contributed by atoms with Crippen LogP contribution in [0.1, 0.15) is 16.2 Å². The number of amides is 1. The number of rotatable bonds is 1. The Bertz CT molecular complexity index is 298. The maximum Gasteiger partial charge on any atom is 0.267 e. The molecule has 0 aliphatic carbocycles. The lowest BCUT2D eigenvalue weighted by Gasteiger charge is -1.97. The lowest BCUT2D eigenvalue weighted by Crippen LogP contribution is -2.13. The van der Waals surface area contributed by atoms with Crippen LogP contribution in [0.2, 0.25) is 5.02 Å². The minimum atomic E-state index is -0.537. The van der Waals surface area contributed by atoms with E-state index in [9.17, 15) is 4.79 Å². The molecule has 0 aromatic carbocycles. The van der Waals surface area contributed by atoms with Crippen molar-refractivity contribution in [2.24, 2.45) is 5.73 Å². The standard InChI is InChI=1S/C7H7ClN2O/c1-4-5(8)2-3-6(10-4)7(9)11/h2-3H,1H3,(H2,9,11). The van der Waals surface area contributed by atoms with Gasteiger partial charge in [0.05, 0.1) is 10.7 Å². The third-order valence-electron chi connectivity index (χ3n) is 1.27. The summed E-state index contributed by atoms with van der Waals surface area (Å²) in [5, 5.41) is 0.537. The number of nitrogens with zero attached hydrogens (tertiary/aromatic N) is 1. The SMILES string of the molecule is Cc1nc(C(N)=O)ccc1Cl. The monoisotopic (exact) mass is 170 g/mol. The van der Waals surface area contributed by atoms with Gasteiger partial charge in [0.25, 0.3) is 5.91 Å². The third-order valence-corrected chi connectivity index (χ3v) is 1.67. The second-order valence-corrected chi connectivity index (χ2v) is 2.54. The van der Waals surface area contributed by atoms with Crippen molar-refractivity contribution in [3.63, 3.8) is 0 Å². The van der Waals surface area contributed by atoms with Crippen molar-refractivity contribution < 1.29 is 4.79 Å². The zero-order valence-corrected chi connectivity index (χ0v) is 6.72. The molecule has 0 aliphatic rings. The molecule has 0 saturated heterocycles. The summed E-state index contributed by atoms with van der Waals surface area (Å²) in [5.74, 6) is -0.537. The molecule has 4 heteroatoms. The van der Waals surface area contributed by atoms with Crippen LogP contribution < -0.4 is 5.73 Å². The molecule has 1 aromatic heterocycles. The van der Waals surface area contributed by atoms with Gasteiger partial charge in [-0.3, -0.25) is 4.79 Å². The zero-order chi connectivity index (χ0) is 8.43. The Morgan fingerprint density at radius 2 is 2.27 bits per heavy atom. The highest BCUT2D eigenvalue weighted by Gasteiger charge is 2.03. The predicted octanol–water partition coefficient (Wildman–Crippen LogP) is 1.14. The summed E-state index contributed by atoms with van der Waals surface area (Å²) in [6.07, 6.45) is 0. The van der Waals surface area contributed by atoms with Crippen LogP contribution in [0.3, 0.4) is 0 Å². The summed E-state index contributed by atoms with van der Waals surface area (Å²) in [5.41, 5.74) is 5.84. The van der Waals surface area contributed by atoms with Gasteiger partial charge in [0.2, 0.25) is 0 Å². The number of hydrogen-bond donors (Lipinski definition) is 1. The Labute approximate surface area is 69.2 Å². The molecule has 0 saturated carbocycles. The minimum absolute atomic E-state index is 0.243. The van der Waals surface area contributed by atoms with Crippen molar-refractivity contribution in [1.29, 1.82) is 0 Å². The highest BCUT2D eigenvalue weighted by atomic mass is 35.5. The number of carbonyl (C=O) groups excluding carboxylic acids is 1. The van der Waals surface area contributed by atoms with Crippen LogP contribution in [0.25, 0.3) is 0 Å². The fraction of sp³-hybridized carbons (Fsp3) is 0.143. The summed E-state index contributed by atoms with van der Waals surface area (Å²) in [7, 11) is 0. The summed E-state index contributed by atoms with van der Waals surface area (Å²) in [6.45, 7) is 1.72. The highest BCUT2D eigenvalue weighted by Crippen LogP contribution is 2.11. The molecule has 1 heterocycles. The van der Waals surface area contributed by atoms with Gasteiger partial charge in [-0.05, 0) is 19.1 Å². The van der Waals surface area contributed by atoms with Crippen LogP contribution in [0.4, 0.5) is 0 Å². The first kappa shape index (κ1) is 8.01. The number of pyridine rings is 1. The van der Waals surface area contributed by atoms with E-state index in [4.69, 9.17) is 17.3 Å². The van der Waals surface area contributed by atoms with Gasteiger partial charge in [0, 0.05) is 0 Å². The van der Waals surface area contributed by atoms with Crippen LogP contribution >= 0.6 is 11.6 Å². The lowest BCUT2D eigenvalue weighted by molar-refractivity contribution is 0.0995. The normalized spacial score (nSPS) is 9.64. The molecule has 0 atom stereocenters. The van der Waals surface area contributed by atoms with Crippen LogP contribution in [0, 0.1) is 6.92 Å². The van der Waals surface area contributed by atoms with Crippen molar-refractivity contribution in [3.05, 3.63) is 28.5 Å². The molecule has 0 bridgehead atoms. The molecule has 1 aromatic rings. The molecular weight excluding hydrogens is 164 g/mol. The molecule has 11 heavy (non-hydrogen) atoms. The van der Waals surface area contributed by atoms with Crippen LogP contribution in [-0.4, -0.2) is 10.9 Å². The number of primary amides is 1. The Kier molecular flexibility index (Phi) is 2.10. The Hall–Kier alpha value is -1.09. The maximum atomic E-state index is 10.6. The molecule has 1 rings (SSSR count). The fourth-order valence-electron chi connectivity index (χ4n) is 0.681.